The van der Waals surface area contributed by atoms with Gasteiger partial charge in [-0.3, -0.25) is 4.79 Å². The number of nitrogens with one attached hydrogen (secondary N) is 1. The zero-order valence-electron chi connectivity index (χ0n) is 11.3. The van der Waals surface area contributed by atoms with Crippen molar-refractivity contribution >= 4 is 17.2 Å². The molecule has 5 heteroatoms. The maximum absolute atomic E-state index is 12.0. The summed E-state index contributed by atoms with van der Waals surface area (Å²) in [7, 11) is 0. The van der Waals surface area contributed by atoms with Gasteiger partial charge in [0.2, 0.25) is 0 Å². The first-order chi connectivity index (χ1) is 9.72. The van der Waals surface area contributed by atoms with Gasteiger partial charge in [0, 0.05) is 12.1 Å². The summed E-state index contributed by atoms with van der Waals surface area (Å²) >= 11 is 1.43. The van der Waals surface area contributed by atoms with Crippen LogP contribution in [0.15, 0.2) is 35.7 Å². The summed E-state index contributed by atoms with van der Waals surface area (Å²) in [5, 5.41) is 13.6. The molecule has 0 saturated heterocycles. The van der Waals surface area contributed by atoms with Gasteiger partial charge in [0.05, 0.1) is 11.5 Å². The Kier molecular flexibility index (Phi) is 5.15. The summed E-state index contributed by atoms with van der Waals surface area (Å²) in [6, 6.07) is 9.41. The van der Waals surface area contributed by atoms with Gasteiger partial charge in [0.1, 0.15) is 12.4 Å². The molecule has 0 atom stereocenters. The molecule has 0 aliphatic heterocycles. The van der Waals surface area contributed by atoms with E-state index in [4.69, 9.17) is 9.84 Å². The third kappa shape index (κ3) is 3.59. The molecule has 2 N–H and O–H groups in total. The second-order valence-electron chi connectivity index (χ2n) is 4.30. The fraction of sp³-hybridized carbons (Fsp3) is 0.267. The summed E-state index contributed by atoms with van der Waals surface area (Å²) in [4.78, 5) is 12.8. The molecule has 1 aromatic carbocycles. The van der Waals surface area contributed by atoms with Crippen LogP contribution in [0.5, 0.6) is 5.75 Å². The number of hydrogen-bond acceptors (Lipinski definition) is 4. The van der Waals surface area contributed by atoms with Gasteiger partial charge in [-0.2, -0.15) is 0 Å². The van der Waals surface area contributed by atoms with E-state index in [0.717, 1.165) is 16.0 Å². The van der Waals surface area contributed by atoms with E-state index in [1.165, 1.54) is 11.3 Å². The second-order valence-corrected chi connectivity index (χ2v) is 5.21. The van der Waals surface area contributed by atoms with Crippen molar-refractivity contribution in [3.8, 4) is 5.75 Å². The van der Waals surface area contributed by atoms with Crippen LogP contribution in [-0.2, 0) is 6.54 Å². The molecule has 106 valence electrons. The normalized spacial score (nSPS) is 10.3. The van der Waals surface area contributed by atoms with Crippen molar-refractivity contribution < 1.29 is 14.6 Å². The van der Waals surface area contributed by atoms with E-state index < -0.39 is 0 Å². The molecule has 0 aliphatic carbocycles. The highest BCUT2D eigenvalue weighted by molar-refractivity contribution is 7.12. The Labute approximate surface area is 122 Å². The van der Waals surface area contributed by atoms with Crippen LogP contribution in [0.25, 0.3) is 0 Å². The topological polar surface area (TPSA) is 58.6 Å². The molecular formula is C15H17NO3S. The number of amides is 1. The Balaban J connectivity index is 2.00. The minimum Gasteiger partial charge on any atom is -0.491 e. The van der Waals surface area contributed by atoms with Crippen molar-refractivity contribution in [3.63, 3.8) is 0 Å². The molecule has 20 heavy (non-hydrogen) atoms. The van der Waals surface area contributed by atoms with Gasteiger partial charge in [-0.1, -0.05) is 18.2 Å². The Morgan fingerprint density at radius 1 is 1.35 bits per heavy atom. The van der Waals surface area contributed by atoms with E-state index in [2.05, 4.69) is 5.32 Å². The first-order valence-electron chi connectivity index (χ1n) is 6.36. The highest BCUT2D eigenvalue weighted by Gasteiger charge is 2.11. The zero-order chi connectivity index (χ0) is 14.4. The largest absolute Gasteiger partial charge is 0.491 e. The lowest BCUT2D eigenvalue weighted by molar-refractivity contribution is 0.0954. The van der Waals surface area contributed by atoms with E-state index in [1.807, 2.05) is 42.6 Å². The van der Waals surface area contributed by atoms with Gasteiger partial charge in [0.15, 0.2) is 0 Å². The summed E-state index contributed by atoms with van der Waals surface area (Å²) < 4.78 is 5.43. The number of hydrogen-bond donors (Lipinski definition) is 2. The predicted molar refractivity (Wildman–Crippen MR) is 79.2 cm³/mol. The first-order valence-corrected chi connectivity index (χ1v) is 7.24. The van der Waals surface area contributed by atoms with Crippen molar-refractivity contribution in [2.24, 2.45) is 0 Å². The minimum absolute atomic E-state index is 0.0327. The number of aryl methyl sites for hydroxylation is 1. The van der Waals surface area contributed by atoms with Crippen LogP contribution in [0.3, 0.4) is 0 Å². The smallest absolute Gasteiger partial charge is 0.261 e. The van der Waals surface area contributed by atoms with Gasteiger partial charge in [-0.15, -0.1) is 11.3 Å². The molecule has 0 fully saturated rings. The number of thiophene rings is 1. The molecule has 1 heterocycles. The Morgan fingerprint density at radius 2 is 2.15 bits per heavy atom. The summed E-state index contributed by atoms with van der Waals surface area (Å²) in [6.07, 6.45) is 0. The van der Waals surface area contributed by atoms with E-state index in [0.29, 0.717) is 12.3 Å². The number of aliphatic hydroxyl groups excluding tert-OH is 1. The quantitative estimate of drug-likeness (QED) is 0.859. The molecule has 0 saturated carbocycles. The van der Waals surface area contributed by atoms with Crippen LogP contribution < -0.4 is 10.1 Å². The minimum atomic E-state index is -0.0746. The molecule has 1 amide bonds. The van der Waals surface area contributed by atoms with E-state index in [1.54, 1.807) is 0 Å². The van der Waals surface area contributed by atoms with Gasteiger partial charge >= 0.3 is 0 Å². The monoisotopic (exact) mass is 291 g/mol. The van der Waals surface area contributed by atoms with Crippen molar-refractivity contribution in [3.05, 3.63) is 51.7 Å². The van der Waals surface area contributed by atoms with Crippen molar-refractivity contribution in [2.75, 3.05) is 13.2 Å². The lowest BCUT2D eigenvalue weighted by Crippen LogP contribution is -2.23. The molecule has 0 aliphatic rings. The molecule has 0 spiro atoms. The summed E-state index contributed by atoms with van der Waals surface area (Å²) in [6.45, 7) is 2.53. The standard InChI is InChI=1S/C15H17NO3S/c1-11-6-9-20-14(11)15(18)16-10-12-4-2-3-5-13(12)19-8-7-17/h2-6,9,17H,7-8,10H2,1H3,(H,16,18). The van der Waals surface area contributed by atoms with Crippen LogP contribution in [0.2, 0.25) is 0 Å². The molecule has 4 nitrogen and oxygen atoms in total. The van der Waals surface area contributed by atoms with E-state index in [-0.39, 0.29) is 19.1 Å². The number of rotatable bonds is 6. The zero-order valence-corrected chi connectivity index (χ0v) is 12.1. The van der Waals surface area contributed by atoms with Crippen molar-refractivity contribution in [1.29, 1.82) is 0 Å². The number of benzene rings is 1. The fourth-order valence-electron chi connectivity index (χ4n) is 1.81. The lowest BCUT2D eigenvalue weighted by Gasteiger charge is -2.11. The second kappa shape index (κ2) is 7.07. The predicted octanol–water partition coefficient (Wildman–Crippen LogP) is 2.36. The van der Waals surface area contributed by atoms with Crippen LogP contribution in [0.1, 0.15) is 20.8 Å². The van der Waals surface area contributed by atoms with Gasteiger partial charge < -0.3 is 15.2 Å². The molecule has 0 radical (unpaired) electrons. The fourth-order valence-corrected chi connectivity index (χ4v) is 2.65. The Bertz CT molecular complexity index is 580. The highest BCUT2D eigenvalue weighted by atomic mass is 32.1. The number of ether oxygens (including phenoxy) is 1. The number of para-hydroxylation sites is 1. The summed E-state index contributed by atoms with van der Waals surface area (Å²) in [5.41, 5.74) is 1.88. The molecule has 0 bridgehead atoms. The highest BCUT2D eigenvalue weighted by Crippen LogP contribution is 2.19. The third-order valence-electron chi connectivity index (χ3n) is 2.83. The molecule has 1 aromatic heterocycles. The van der Waals surface area contributed by atoms with Crippen molar-refractivity contribution in [2.45, 2.75) is 13.5 Å². The molecular weight excluding hydrogens is 274 g/mol. The Hall–Kier alpha value is -1.85. The van der Waals surface area contributed by atoms with E-state index >= 15 is 0 Å². The first kappa shape index (κ1) is 14.6. The van der Waals surface area contributed by atoms with Gasteiger partial charge in [0.25, 0.3) is 5.91 Å². The van der Waals surface area contributed by atoms with Crippen LogP contribution >= 0.6 is 11.3 Å². The van der Waals surface area contributed by atoms with Gasteiger partial charge in [-0.25, -0.2) is 0 Å². The van der Waals surface area contributed by atoms with Crippen molar-refractivity contribution in [1.82, 2.24) is 5.32 Å². The average molecular weight is 291 g/mol. The third-order valence-corrected chi connectivity index (χ3v) is 3.84. The lowest BCUT2D eigenvalue weighted by atomic mass is 10.2. The molecule has 2 rings (SSSR count). The Morgan fingerprint density at radius 3 is 2.85 bits per heavy atom. The number of carbonyl (C=O) groups excluding carboxylic acids is 1. The molecule has 0 unspecified atom stereocenters. The number of carbonyl (C=O) groups is 1. The van der Waals surface area contributed by atoms with E-state index in [9.17, 15) is 4.79 Å². The SMILES string of the molecule is Cc1ccsc1C(=O)NCc1ccccc1OCCO. The van der Waals surface area contributed by atoms with Gasteiger partial charge in [-0.05, 0) is 30.0 Å². The van der Waals surface area contributed by atoms with Crippen LogP contribution in [0.4, 0.5) is 0 Å². The number of aliphatic hydroxyl groups is 1. The average Bonchev–Trinajstić information content (AvgIpc) is 2.89. The maximum atomic E-state index is 12.0. The van der Waals surface area contributed by atoms with Crippen LogP contribution in [0, 0.1) is 6.92 Å². The maximum Gasteiger partial charge on any atom is 0.261 e. The molecule has 2 aromatic rings. The van der Waals surface area contributed by atoms with Crippen LogP contribution in [-0.4, -0.2) is 24.2 Å². The summed E-state index contributed by atoms with van der Waals surface area (Å²) in [5.74, 6) is 0.610.